The van der Waals surface area contributed by atoms with Gasteiger partial charge in [0.25, 0.3) is 0 Å². The third-order valence-electron chi connectivity index (χ3n) is 5.04. The molecule has 4 rings (SSSR count). The van der Waals surface area contributed by atoms with Crippen molar-refractivity contribution in [1.29, 1.82) is 0 Å². The van der Waals surface area contributed by atoms with Crippen LogP contribution in [0.15, 0.2) is 54.7 Å². The molecule has 1 aromatic heterocycles. The van der Waals surface area contributed by atoms with Gasteiger partial charge in [0, 0.05) is 18.4 Å². The Kier molecular flexibility index (Phi) is 4.93. The molecule has 4 nitrogen and oxygen atoms in total. The fourth-order valence-electron chi connectivity index (χ4n) is 3.74. The molecule has 154 valence electrons. The molecule has 0 aliphatic carbocycles. The van der Waals surface area contributed by atoms with Gasteiger partial charge in [0.05, 0.1) is 11.1 Å². The van der Waals surface area contributed by atoms with E-state index in [-0.39, 0.29) is 17.5 Å². The van der Waals surface area contributed by atoms with E-state index in [4.69, 9.17) is 0 Å². The first-order valence-corrected chi connectivity index (χ1v) is 9.16. The number of nitrogens with zero attached hydrogens (tertiary/aromatic N) is 2. The standard InChI is InChI=1S/C22H16F4N2O2/c23-16-10-14(9-15(12-16)22(24,25)26)8-13-4-6-27-20(11-13)28-7-5-17-18(21(29)30)2-1-3-19(17)28/h1-4,6,9-12H,5,7-8H2,(H,29,30). The minimum Gasteiger partial charge on any atom is -0.478 e. The van der Waals surface area contributed by atoms with Crippen LogP contribution in [-0.4, -0.2) is 22.6 Å². The summed E-state index contributed by atoms with van der Waals surface area (Å²) in [4.78, 5) is 17.7. The lowest BCUT2D eigenvalue weighted by molar-refractivity contribution is -0.137. The van der Waals surface area contributed by atoms with Crippen molar-refractivity contribution in [2.75, 3.05) is 11.4 Å². The average Bonchev–Trinajstić information content (AvgIpc) is 3.11. The predicted octanol–water partition coefficient (Wildman–Crippen LogP) is 5.22. The second-order valence-electron chi connectivity index (χ2n) is 7.06. The number of carboxylic acids is 1. The zero-order chi connectivity index (χ0) is 21.5. The number of hydrogen-bond acceptors (Lipinski definition) is 3. The highest BCUT2D eigenvalue weighted by atomic mass is 19.4. The Morgan fingerprint density at radius 2 is 1.90 bits per heavy atom. The Hall–Kier alpha value is -3.42. The number of aromatic carboxylic acids is 1. The number of aromatic nitrogens is 1. The van der Waals surface area contributed by atoms with E-state index in [0.717, 1.165) is 23.4 Å². The van der Waals surface area contributed by atoms with Crippen molar-refractivity contribution in [2.45, 2.75) is 19.0 Å². The lowest BCUT2D eigenvalue weighted by Crippen LogP contribution is -2.15. The molecule has 3 aromatic rings. The summed E-state index contributed by atoms with van der Waals surface area (Å²) in [7, 11) is 0. The largest absolute Gasteiger partial charge is 0.478 e. The van der Waals surface area contributed by atoms with Gasteiger partial charge in [-0.15, -0.1) is 0 Å². The van der Waals surface area contributed by atoms with Crippen LogP contribution in [0.1, 0.15) is 32.6 Å². The van der Waals surface area contributed by atoms with Gasteiger partial charge in [-0.25, -0.2) is 14.2 Å². The van der Waals surface area contributed by atoms with E-state index in [9.17, 15) is 27.5 Å². The van der Waals surface area contributed by atoms with Crippen LogP contribution in [0, 0.1) is 5.82 Å². The number of carbonyl (C=O) groups is 1. The van der Waals surface area contributed by atoms with E-state index < -0.39 is 23.5 Å². The summed E-state index contributed by atoms with van der Waals surface area (Å²) < 4.78 is 52.6. The third kappa shape index (κ3) is 3.85. The Morgan fingerprint density at radius 3 is 2.63 bits per heavy atom. The highest BCUT2D eigenvalue weighted by molar-refractivity contribution is 5.92. The van der Waals surface area contributed by atoms with Crippen molar-refractivity contribution < 1.29 is 27.5 Å². The van der Waals surface area contributed by atoms with Gasteiger partial charge in [0.1, 0.15) is 11.6 Å². The normalized spacial score (nSPS) is 13.4. The fraction of sp³-hybridized carbons (Fsp3) is 0.182. The molecule has 0 radical (unpaired) electrons. The topological polar surface area (TPSA) is 53.4 Å². The van der Waals surface area contributed by atoms with Crippen LogP contribution >= 0.6 is 0 Å². The summed E-state index contributed by atoms with van der Waals surface area (Å²) in [6, 6.07) is 10.9. The molecule has 0 amide bonds. The highest BCUT2D eigenvalue weighted by Gasteiger charge is 2.31. The second kappa shape index (κ2) is 7.44. The van der Waals surface area contributed by atoms with Crippen LogP contribution < -0.4 is 4.90 Å². The summed E-state index contributed by atoms with van der Waals surface area (Å²) in [5, 5.41) is 9.37. The first-order chi connectivity index (χ1) is 14.2. The summed E-state index contributed by atoms with van der Waals surface area (Å²) in [6.07, 6.45) is -2.44. The van der Waals surface area contributed by atoms with Crippen molar-refractivity contribution >= 4 is 17.5 Å². The summed E-state index contributed by atoms with van der Waals surface area (Å²) in [5.41, 5.74) is 1.55. The third-order valence-corrected chi connectivity index (χ3v) is 5.04. The van der Waals surface area contributed by atoms with E-state index >= 15 is 0 Å². The van der Waals surface area contributed by atoms with Gasteiger partial charge in [-0.2, -0.15) is 13.2 Å². The van der Waals surface area contributed by atoms with E-state index in [1.807, 2.05) is 11.0 Å². The zero-order valence-corrected chi connectivity index (χ0v) is 15.6. The van der Waals surface area contributed by atoms with E-state index in [2.05, 4.69) is 4.98 Å². The number of fused-ring (bicyclic) bond motifs is 1. The van der Waals surface area contributed by atoms with E-state index in [1.54, 1.807) is 24.3 Å². The molecule has 1 N–H and O–H groups in total. The molecule has 0 bridgehead atoms. The second-order valence-corrected chi connectivity index (χ2v) is 7.06. The molecule has 1 aliphatic rings. The van der Waals surface area contributed by atoms with Crippen LogP contribution in [0.3, 0.4) is 0 Å². The lowest BCUT2D eigenvalue weighted by Gasteiger charge is -2.19. The molecule has 0 atom stereocenters. The SMILES string of the molecule is O=C(O)c1cccc2c1CCN2c1cc(Cc2cc(F)cc(C(F)(F)F)c2)ccn1. The van der Waals surface area contributed by atoms with Crippen LogP contribution in [0.4, 0.5) is 29.1 Å². The maximum Gasteiger partial charge on any atom is 0.416 e. The van der Waals surface area contributed by atoms with Crippen molar-refractivity contribution in [1.82, 2.24) is 4.98 Å². The number of rotatable bonds is 4. The lowest BCUT2D eigenvalue weighted by atomic mass is 10.0. The Balaban J connectivity index is 1.64. The van der Waals surface area contributed by atoms with Crippen LogP contribution in [0.2, 0.25) is 0 Å². The van der Waals surface area contributed by atoms with Gasteiger partial charge < -0.3 is 10.0 Å². The monoisotopic (exact) mass is 416 g/mol. The van der Waals surface area contributed by atoms with Crippen molar-refractivity contribution in [3.8, 4) is 0 Å². The van der Waals surface area contributed by atoms with Gasteiger partial charge in [-0.05, 0) is 72.0 Å². The molecule has 30 heavy (non-hydrogen) atoms. The first kappa shape index (κ1) is 19.9. The number of benzene rings is 2. The molecule has 8 heteroatoms. The molecule has 2 heterocycles. The Bertz CT molecular complexity index is 1130. The van der Waals surface area contributed by atoms with Crippen LogP contribution in [0.25, 0.3) is 0 Å². The molecule has 0 spiro atoms. The quantitative estimate of drug-likeness (QED) is 0.593. The predicted molar refractivity (Wildman–Crippen MR) is 103 cm³/mol. The Morgan fingerprint density at radius 1 is 1.10 bits per heavy atom. The van der Waals surface area contributed by atoms with Crippen LogP contribution in [0.5, 0.6) is 0 Å². The number of halogens is 4. The van der Waals surface area contributed by atoms with E-state index in [1.165, 1.54) is 6.20 Å². The molecule has 0 fully saturated rings. The van der Waals surface area contributed by atoms with Gasteiger partial charge in [-0.3, -0.25) is 0 Å². The summed E-state index contributed by atoms with van der Waals surface area (Å²) >= 11 is 0. The molecular weight excluding hydrogens is 400 g/mol. The van der Waals surface area contributed by atoms with Crippen LogP contribution in [-0.2, 0) is 19.0 Å². The van der Waals surface area contributed by atoms with Gasteiger partial charge in [-0.1, -0.05) is 6.07 Å². The number of carboxylic acid groups (broad SMARTS) is 1. The fourth-order valence-corrected chi connectivity index (χ4v) is 3.74. The number of pyridine rings is 1. The minimum absolute atomic E-state index is 0.103. The average molecular weight is 416 g/mol. The summed E-state index contributed by atoms with van der Waals surface area (Å²) in [6.45, 7) is 0.536. The molecular formula is C22H16F4N2O2. The van der Waals surface area contributed by atoms with Gasteiger partial charge in [0.2, 0.25) is 0 Å². The number of hydrogen-bond donors (Lipinski definition) is 1. The molecule has 2 aromatic carbocycles. The summed E-state index contributed by atoms with van der Waals surface area (Å²) in [5.74, 6) is -1.38. The maximum atomic E-state index is 13.7. The smallest absolute Gasteiger partial charge is 0.416 e. The molecule has 1 aliphatic heterocycles. The number of alkyl halides is 3. The van der Waals surface area contributed by atoms with Crippen molar-refractivity contribution in [2.24, 2.45) is 0 Å². The number of anilines is 2. The Labute approximate surface area is 169 Å². The molecule has 0 unspecified atom stereocenters. The van der Waals surface area contributed by atoms with Gasteiger partial charge >= 0.3 is 12.1 Å². The van der Waals surface area contributed by atoms with Crippen molar-refractivity contribution in [3.05, 3.63) is 88.4 Å². The molecule has 0 saturated carbocycles. The molecule has 0 saturated heterocycles. The maximum absolute atomic E-state index is 13.7. The first-order valence-electron chi connectivity index (χ1n) is 9.16. The van der Waals surface area contributed by atoms with Gasteiger partial charge in [0.15, 0.2) is 0 Å². The van der Waals surface area contributed by atoms with Crippen molar-refractivity contribution in [3.63, 3.8) is 0 Å². The zero-order valence-electron chi connectivity index (χ0n) is 15.6. The highest BCUT2D eigenvalue weighted by Crippen LogP contribution is 2.36. The van der Waals surface area contributed by atoms with E-state index in [0.29, 0.717) is 30.4 Å². The minimum atomic E-state index is -4.62.